The SMILES string of the molecule is C=C(C)CN(CC)C(=O)NC1CCCCCC1C(=O)O. The standard InChI is InChI=1S/C15H26N2O3/c1-4-17(10-11(2)3)15(20)16-13-9-7-5-6-8-12(13)14(18)19/h12-13H,2,4-10H2,1,3H3,(H,16,20)(H,18,19). The molecule has 5 heteroatoms. The summed E-state index contributed by atoms with van der Waals surface area (Å²) in [6.07, 6.45) is 4.33. The molecule has 0 saturated heterocycles. The average Bonchev–Trinajstić information content (AvgIpc) is 2.60. The highest BCUT2D eigenvalue weighted by molar-refractivity contribution is 5.77. The van der Waals surface area contributed by atoms with Crippen LogP contribution >= 0.6 is 0 Å². The Morgan fingerprint density at radius 3 is 2.50 bits per heavy atom. The molecule has 1 rings (SSSR count). The molecule has 2 amide bonds. The minimum atomic E-state index is -0.805. The zero-order chi connectivity index (χ0) is 15.1. The number of aliphatic carboxylic acids is 1. The van der Waals surface area contributed by atoms with E-state index < -0.39 is 11.9 Å². The maximum absolute atomic E-state index is 12.2. The first-order chi connectivity index (χ1) is 9.45. The van der Waals surface area contributed by atoms with Gasteiger partial charge in [0, 0.05) is 19.1 Å². The number of hydrogen-bond donors (Lipinski definition) is 2. The highest BCUT2D eigenvalue weighted by Gasteiger charge is 2.31. The van der Waals surface area contributed by atoms with Crippen molar-refractivity contribution in [2.45, 2.75) is 52.0 Å². The van der Waals surface area contributed by atoms with Crippen LogP contribution in [0.3, 0.4) is 0 Å². The van der Waals surface area contributed by atoms with E-state index in [0.29, 0.717) is 19.5 Å². The summed E-state index contributed by atoms with van der Waals surface area (Å²) in [5, 5.41) is 12.2. The van der Waals surface area contributed by atoms with E-state index in [-0.39, 0.29) is 12.1 Å². The van der Waals surface area contributed by atoms with Gasteiger partial charge in [-0.15, -0.1) is 0 Å². The molecule has 0 aromatic rings. The van der Waals surface area contributed by atoms with Crippen LogP contribution in [0.4, 0.5) is 4.79 Å². The molecule has 0 bridgehead atoms. The van der Waals surface area contributed by atoms with Crippen molar-refractivity contribution >= 4 is 12.0 Å². The summed E-state index contributed by atoms with van der Waals surface area (Å²) in [6, 6.07) is -0.449. The van der Waals surface area contributed by atoms with Crippen LogP contribution in [0.25, 0.3) is 0 Å². The normalized spacial score (nSPS) is 22.7. The Hall–Kier alpha value is -1.52. The number of urea groups is 1. The van der Waals surface area contributed by atoms with Gasteiger partial charge in [0.25, 0.3) is 0 Å². The molecule has 0 aromatic heterocycles. The van der Waals surface area contributed by atoms with Gasteiger partial charge >= 0.3 is 12.0 Å². The second-order valence-corrected chi connectivity index (χ2v) is 5.61. The van der Waals surface area contributed by atoms with Gasteiger partial charge in [0.05, 0.1) is 5.92 Å². The molecule has 2 unspecified atom stereocenters. The molecule has 1 saturated carbocycles. The Balaban J connectivity index is 2.68. The summed E-state index contributed by atoms with van der Waals surface area (Å²) in [5.41, 5.74) is 0.914. The summed E-state index contributed by atoms with van der Waals surface area (Å²) < 4.78 is 0. The lowest BCUT2D eigenvalue weighted by atomic mass is 9.95. The number of carbonyl (C=O) groups excluding carboxylic acids is 1. The highest BCUT2D eigenvalue weighted by Crippen LogP contribution is 2.24. The second-order valence-electron chi connectivity index (χ2n) is 5.61. The van der Waals surface area contributed by atoms with Crippen LogP contribution in [0.1, 0.15) is 46.0 Å². The third kappa shape index (κ3) is 4.87. The molecular formula is C15H26N2O3. The molecule has 1 aliphatic carbocycles. The predicted molar refractivity (Wildman–Crippen MR) is 78.6 cm³/mol. The van der Waals surface area contributed by atoms with Gasteiger partial charge in [0.2, 0.25) is 0 Å². The number of carboxylic acids is 1. The molecule has 0 aromatic carbocycles. The Labute approximate surface area is 121 Å². The van der Waals surface area contributed by atoms with Crippen molar-refractivity contribution in [1.29, 1.82) is 0 Å². The van der Waals surface area contributed by atoms with Gasteiger partial charge in [0.1, 0.15) is 0 Å². The summed E-state index contributed by atoms with van der Waals surface area (Å²) in [5.74, 6) is -1.27. The first kappa shape index (κ1) is 16.5. The molecule has 1 aliphatic rings. The fourth-order valence-electron chi connectivity index (χ4n) is 2.68. The predicted octanol–water partition coefficient (Wildman–Crippen LogP) is 2.63. The van der Waals surface area contributed by atoms with E-state index in [1.54, 1.807) is 4.90 Å². The molecule has 2 atom stereocenters. The molecule has 20 heavy (non-hydrogen) atoms. The number of nitrogens with one attached hydrogen (secondary N) is 1. The number of amides is 2. The Morgan fingerprint density at radius 2 is 1.95 bits per heavy atom. The molecule has 0 aliphatic heterocycles. The quantitative estimate of drug-likeness (QED) is 0.601. The molecule has 0 heterocycles. The summed E-state index contributed by atoms with van der Waals surface area (Å²) >= 11 is 0. The number of likely N-dealkylation sites (N-methyl/N-ethyl adjacent to an activating group) is 1. The minimum Gasteiger partial charge on any atom is -0.481 e. The Morgan fingerprint density at radius 1 is 1.30 bits per heavy atom. The number of carbonyl (C=O) groups is 2. The highest BCUT2D eigenvalue weighted by atomic mass is 16.4. The molecule has 1 fully saturated rings. The van der Waals surface area contributed by atoms with Crippen LogP contribution in [-0.2, 0) is 4.79 Å². The van der Waals surface area contributed by atoms with Gasteiger partial charge in [-0.2, -0.15) is 0 Å². The second kappa shape index (κ2) is 7.92. The first-order valence-corrected chi connectivity index (χ1v) is 7.38. The summed E-state index contributed by atoms with van der Waals surface area (Å²) in [7, 11) is 0. The van der Waals surface area contributed by atoms with Crippen LogP contribution in [0.5, 0.6) is 0 Å². The molecule has 114 valence electrons. The van der Waals surface area contributed by atoms with Crippen molar-refractivity contribution in [3.05, 3.63) is 12.2 Å². The molecule has 2 N–H and O–H groups in total. The molecule has 0 spiro atoms. The van der Waals surface area contributed by atoms with Crippen molar-refractivity contribution in [2.24, 2.45) is 5.92 Å². The molecule has 5 nitrogen and oxygen atoms in total. The van der Waals surface area contributed by atoms with Crippen molar-refractivity contribution in [3.8, 4) is 0 Å². The van der Waals surface area contributed by atoms with E-state index in [9.17, 15) is 14.7 Å². The van der Waals surface area contributed by atoms with E-state index in [0.717, 1.165) is 31.3 Å². The van der Waals surface area contributed by atoms with Crippen molar-refractivity contribution in [3.63, 3.8) is 0 Å². The van der Waals surface area contributed by atoms with Gasteiger partial charge in [-0.05, 0) is 26.7 Å². The molecule has 0 radical (unpaired) electrons. The summed E-state index contributed by atoms with van der Waals surface area (Å²) in [4.78, 5) is 25.2. The lowest BCUT2D eigenvalue weighted by Gasteiger charge is -2.28. The maximum Gasteiger partial charge on any atom is 0.317 e. The van der Waals surface area contributed by atoms with E-state index in [1.807, 2.05) is 13.8 Å². The van der Waals surface area contributed by atoms with Gasteiger partial charge in [-0.25, -0.2) is 4.79 Å². The fraction of sp³-hybridized carbons (Fsp3) is 0.733. The smallest absolute Gasteiger partial charge is 0.317 e. The van der Waals surface area contributed by atoms with Crippen LogP contribution < -0.4 is 5.32 Å². The number of rotatable bonds is 5. The fourth-order valence-corrected chi connectivity index (χ4v) is 2.68. The van der Waals surface area contributed by atoms with E-state index >= 15 is 0 Å². The first-order valence-electron chi connectivity index (χ1n) is 7.38. The zero-order valence-corrected chi connectivity index (χ0v) is 12.5. The van der Waals surface area contributed by atoms with E-state index in [4.69, 9.17) is 0 Å². The van der Waals surface area contributed by atoms with E-state index in [2.05, 4.69) is 11.9 Å². The third-order valence-electron chi connectivity index (χ3n) is 3.77. The monoisotopic (exact) mass is 282 g/mol. The van der Waals surface area contributed by atoms with Gasteiger partial charge < -0.3 is 15.3 Å². The van der Waals surface area contributed by atoms with Gasteiger partial charge in [-0.1, -0.05) is 31.4 Å². The lowest BCUT2D eigenvalue weighted by Crippen LogP contribution is -2.49. The van der Waals surface area contributed by atoms with Gasteiger partial charge in [0.15, 0.2) is 0 Å². The van der Waals surface area contributed by atoms with Crippen LogP contribution in [-0.4, -0.2) is 41.1 Å². The number of hydrogen-bond acceptors (Lipinski definition) is 2. The largest absolute Gasteiger partial charge is 0.481 e. The number of carboxylic acid groups (broad SMARTS) is 1. The van der Waals surface area contributed by atoms with Crippen molar-refractivity contribution < 1.29 is 14.7 Å². The van der Waals surface area contributed by atoms with Crippen LogP contribution in [0.15, 0.2) is 12.2 Å². The Kier molecular flexibility index (Phi) is 6.55. The van der Waals surface area contributed by atoms with E-state index in [1.165, 1.54) is 0 Å². The maximum atomic E-state index is 12.2. The van der Waals surface area contributed by atoms with Gasteiger partial charge in [-0.3, -0.25) is 4.79 Å². The third-order valence-corrected chi connectivity index (χ3v) is 3.77. The lowest BCUT2D eigenvalue weighted by molar-refractivity contribution is -0.142. The Bertz CT molecular complexity index is 368. The molecular weight excluding hydrogens is 256 g/mol. The van der Waals surface area contributed by atoms with Crippen LogP contribution in [0, 0.1) is 5.92 Å². The zero-order valence-electron chi connectivity index (χ0n) is 12.5. The summed E-state index contributed by atoms with van der Waals surface area (Å²) in [6.45, 7) is 8.69. The average molecular weight is 282 g/mol. The number of nitrogens with zero attached hydrogens (tertiary/aromatic N) is 1. The minimum absolute atomic E-state index is 0.186. The van der Waals surface area contributed by atoms with Crippen molar-refractivity contribution in [2.75, 3.05) is 13.1 Å². The van der Waals surface area contributed by atoms with Crippen molar-refractivity contribution in [1.82, 2.24) is 10.2 Å². The topological polar surface area (TPSA) is 69.6 Å². The van der Waals surface area contributed by atoms with Crippen LogP contribution in [0.2, 0.25) is 0 Å².